The van der Waals surface area contributed by atoms with Crippen LogP contribution in [0.4, 0.5) is 11.4 Å². The zero-order valence-corrected chi connectivity index (χ0v) is 25.3. The van der Waals surface area contributed by atoms with Crippen molar-refractivity contribution in [2.24, 2.45) is 15.4 Å². The van der Waals surface area contributed by atoms with Gasteiger partial charge in [0.25, 0.3) is 0 Å². The molecule has 0 radical (unpaired) electrons. The van der Waals surface area contributed by atoms with Crippen molar-refractivity contribution < 1.29 is 39.5 Å². The van der Waals surface area contributed by atoms with Gasteiger partial charge in [0.2, 0.25) is 12.2 Å². The zero-order valence-electron chi connectivity index (χ0n) is 25.3. The zero-order chi connectivity index (χ0) is 31.5. The number of hydrogen-bond acceptors (Lipinski definition) is 10. The van der Waals surface area contributed by atoms with E-state index >= 15 is 0 Å². The number of allylic oxidation sites excluding steroid dienone is 1. The molecule has 42 heavy (non-hydrogen) atoms. The SMILES string of the molecule is CCCCCC[C@@H](O)C/C=C\CCCCCCCC(=O)OCC(CO)(CO)CO.Cc1c(N=C=O)cccc1N=C=O. The summed E-state index contributed by atoms with van der Waals surface area (Å²) in [5.74, 6) is -0.360. The number of esters is 1. The van der Waals surface area contributed by atoms with Crippen LogP contribution in [0.5, 0.6) is 0 Å². The van der Waals surface area contributed by atoms with Gasteiger partial charge in [-0.25, -0.2) is 9.59 Å². The van der Waals surface area contributed by atoms with Gasteiger partial charge in [0.15, 0.2) is 0 Å². The van der Waals surface area contributed by atoms with E-state index in [0.29, 0.717) is 23.4 Å². The predicted molar refractivity (Wildman–Crippen MR) is 162 cm³/mol. The summed E-state index contributed by atoms with van der Waals surface area (Å²) >= 11 is 0. The number of aliphatic imine (C=N–C) groups is 2. The van der Waals surface area contributed by atoms with E-state index in [0.717, 1.165) is 57.8 Å². The topological polar surface area (TPSA) is 166 Å². The number of ether oxygens (including phenoxy) is 1. The van der Waals surface area contributed by atoms with Crippen LogP contribution in [0.15, 0.2) is 40.3 Å². The van der Waals surface area contributed by atoms with Gasteiger partial charge < -0.3 is 25.2 Å². The molecule has 0 aliphatic rings. The molecule has 0 saturated carbocycles. The number of unbranched alkanes of at least 4 members (excludes halogenated alkanes) is 8. The first-order chi connectivity index (χ1) is 20.3. The second-order valence-corrected chi connectivity index (χ2v) is 10.5. The van der Waals surface area contributed by atoms with Crippen molar-refractivity contribution in [3.8, 4) is 0 Å². The molecule has 1 aromatic rings. The van der Waals surface area contributed by atoms with Crippen LogP contribution in [0.2, 0.25) is 0 Å². The number of carbonyl (C=O) groups is 1. The monoisotopic (exact) mass is 590 g/mol. The summed E-state index contributed by atoms with van der Waals surface area (Å²) in [5, 5.41) is 37.5. The molecule has 10 heteroatoms. The van der Waals surface area contributed by atoms with Gasteiger partial charge in [0.1, 0.15) is 6.61 Å². The highest BCUT2D eigenvalue weighted by molar-refractivity contribution is 5.69. The molecule has 1 rings (SSSR count). The lowest BCUT2D eigenvalue weighted by Crippen LogP contribution is -2.39. The number of nitrogens with zero attached hydrogens (tertiary/aromatic N) is 2. The largest absolute Gasteiger partial charge is 0.465 e. The van der Waals surface area contributed by atoms with Gasteiger partial charge in [-0.1, -0.05) is 70.1 Å². The van der Waals surface area contributed by atoms with Gasteiger partial charge in [0, 0.05) is 12.0 Å². The highest BCUT2D eigenvalue weighted by Crippen LogP contribution is 2.27. The number of benzene rings is 1. The number of rotatable bonds is 22. The van der Waals surface area contributed by atoms with E-state index in [1.54, 1.807) is 25.1 Å². The van der Waals surface area contributed by atoms with Crippen LogP contribution < -0.4 is 0 Å². The van der Waals surface area contributed by atoms with E-state index in [-0.39, 0.29) is 18.7 Å². The highest BCUT2D eigenvalue weighted by Gasteiger charge is 2.30. The van der Waals surface area contributed by atoms with Crippen LogP contribution >= 0.6 is 0 Å². The fourth-order valence-electron chi connectivity index (χ4n) is 3.90. The maximum atomic E-state index is 11.7. The van der Waals surface area contributed by atoms with Crippen LogP contribution in [-0.2, 0) is 19.1 Å². The van der Waals surface area contributed by atoms with Crippen molar-refractivity contribution in [2.45, 2.75) is 103 Å². The lowest BCUT2D eigenvalue weighted by atomic mass is 9.93. The molecule has 0 aliphatic carbocycles. The van der Waals surface area contributed by atoms with E-state index in [2.05, 4.69) is 29.1 Å². The van der Waals surface area contributed by atoms with Crippen molar-refractivity contribution in [3.63, 3.8) is 0 Å². The quantitative estimate of drug-likeness (QED) is 0.0456. The molecule has 10 nitrogen and oxygen atoms in total. The first kappa shape index (κ1) is 39.0. The lowest BCUT2D eigenvalue weighted by molar-refractivity contribution is -0.151. The highest BCUT2D eigenvalue weighted by atomic mass is 16.5. The van der Waals surface area contributed by atoms with E-state index < -0.39 is 25.2 Å². The average Bonchev–Trinajstić information content (AvgIpc) is 3.00. The summed E-state index contributed by atoms with van der Waals surface area (Å²) in [7, 11) is 0. The molecule has 0 aliphatic heterocycles. The van der Waals surface area contributed by atoms with Crippen molar-refractivity contribution >= 4 is 29.5 Å². The van der Waals surface area contributed by atoms with Crippen molar-refractivity contribution in [2.75, 3.05) is 26.4 Å². The molecule has 236 valence electrons. The molecule has 0 saturated heterocycles. The van der Waals surface area contributed by atoms with Gasteiger partial charge in [-0.3, -0.25) is 4.79 Å². The third-order valence-electron chi connectivity index (χ3n) is 6.87. The molecule has 0 amide bonds. The van der Waals surface area contributed by atoms with Crippen molar-refractivity contribution in [1.29, 1.82) is 0 Å². The normalized spacial score (nSPS) is 11.7. The Morgan fingerprint density at radius 1 is 0.905 bits per heavy atom. The van der Waals surface area contributed by atoms with E-state index in [9.17, 15) is 34.8 Å². The molecule has 0 bridgehead atoms. The molecule has 0 unspecified atom stereocenters. The third kappa shape index (κ3) is 18.5. The second-order valence-electron chi connectivity index (χ2n) is 10.5. The summed E-state index contributed by atoms with van der Waals surface area (Å²) in [6.07, 6.45) is 19.7. The van der Waals surface area contributed by atoms with Crippen molar-refractivity contribution in [3.05, 3.63) is 35.9 Å². The Kier molecular flexibility index (Phi) is 23.9. The Morgan fingerprint density at radius 3 is 2.05 bits per heavy atom. The number of hydrogen-bond donors (Lipinski definition) is 4. The molecular formula is C32H50N2O8. The summed E-state index contributed by atoms with van der Waals surface area (Å²) < 4.78 is 5.06. The van der Waals surface area contributed by atoms with Gasteiger partial charge in [-0.2, -0.15) is 9.98 Å². The van der Waals surface area contributed by atoms with Gasteiger partial charge >= 0.3 is 5.97 Å². The summed E-state index contributed by atoms with van der Waals surface area (Å²) in [5.41, 5.74) is 0.432. The molecule has 0 fully saturated rings. The van der Waals surface area contributed by atoms with Gasteiger partial charge in [0.05, 0.1) is 42.7 Å². The first-order valence-electron chi connectivity index (χ1n) is 14.9. The molecule has 0 heterocycles. The Bertz CT molecular complexity index is 936. The van der Waals surface area contributed by atoms with E-state index in [1.165, 1.54) is 31.4 Å². The summed E-state index contributed by atoms with van der Waals surface area (Å²) in [4.78, 5) is 38.6. The van der Waals surface area contributed by atoms with Gasteiger partial charge in [-0.05, 0) is 51.2 Å². The maximum Gasteiger partial charge on any atom is 0.305 e. The van der Waals surface area contributed by atoms with Crippen LogP contribution in [-0.4, -0.2) is 71.1 Å². The Labute approximate surface area is 250 Å². The van der Waals surface area contributed by atoms with Crippen molar-refractivity contribution in [1.82, 2.24) is 0 Å². The molecule has 0 aromatic heterocycles. The minimum Gasteiger partial charge on any atom is -0.465 e. The molecule has 0 spiro atoms. The van der Waals surface area contributed by atoms with Crippen LogP contribution in [0.25, 0.3) is 0 Å². The third-order valence-corrected chi connectivity index (χ3v) is 6.87. The number of isocyanates is 2. The van der Waals surface area contributed by atoms with Crippen LogP contribution in [0.1, 0.15) is 96.0 Å². The summed E-state index contributed by atoms with van der Waals surface area (Å²) in [6.45, 7) is 2.44. The molecular weight excluding hydrogens is 540 g/mol. The minimum absolute atomic E-state index is 0.172. The first-order valence-corrected chi connectivity index (χ1v) is 14.9. The Morgan fingerprint density at radius 2 is 1.48 bits per heavy atom. The fourth-order valence-corrected chi connectivity index (χ4v) is 3.90. The van der Waals surface area contributed by atoms with E-state index in [4.69, 9.17) is 4.74 Å². The van der Waals surface area contributed by atoms with E-state index in [1.807, 2.05) is 0 Å². The molecule has 4 N–H and O–H groups in total. The number of aliphatic hydroxyl groups excluding tert-OH is 4. The fraction of sp³-hybridized carbons (Fsp3) is 0.656. The Hall–Kier alpha value is -2.97. The standard InChI is InChI=1S/C23H44O6.C9H6N2O2/c1-2-3-4-11-14-21(27)15-12-9-7-5-6-8-10-13-16-22(28)29-20-23(17-24,18-25)19-26;1-7-8(10-5-12)3-2-4-9(7)11-6-13/h9,12,21,24-27H,2-8,10-11,13-20H2,1H3;2-4H,1H3/b12-9-;/t21-;/m1./s1. The summed E-state index contributed by atoms with van der Waals surface area (Å²) in [6, 6.07) is 4.94. The average molecular weight is 591 g/mol. The smallest absolute Gasteiger partial charge is 0.305 e. The predicted octanol–water partition coefficient (Wildman–Crippen LogP) is 5.43. The number of carbonyl (C=O) groups excluding carboxylic acids is 3. The minimum atomic E-state index is -1.16. The van der Waals surface area contributed by atoms with Gasteiger partial charge in [-0.15, -0.1) is 0 Å². The second kappa shape index (κ2) is 25.7. The maximum absolute atomic E-state index is 11.7. The molecule has 1 atom stereocenters. The lowest BCUT2D eigenvalue weighted by Gasteiger charge is -2.26. The Balaban J connectivity index is 0.00000107. The van der Waals surface area contributed by atoms with Crippen LogP contribution in [0.3, 0.4) is 0 Å². The number of aliphatic hydroxyl groups is 4. The van der Waals surface area contributed by atoms with Crippen LogP contribution in [0, 0.1) is 12.3 Å². The molecule has 1 aromatic carbocycles.